The molecule has 0 radical (unpaired) electrons. The van der Waals surface area contributed by atoms with E-state index in [0.717, 1.165) is 33.7 Å². The number of aldehydes is 1. The average molecular weight is 155 g/mol. The Labute approximate surface area is 68.5 Å². The minimum Gasteiger partial charge on any atom is -0.298 e. The topological polar surface area (TPSA) is 30.0 Å². The number of hydrogen-bond acceptors (Lipinski definition) is 2. The number of fused-ring (bicyclic) bond motifs is 1. The monoisotopic (exact) mass is 155 g/mol. The lowest BCUT2D eigenvalue weighted by atomic mass is 10.00. The highest BCUT2D eigenvalue weighted by Crippen LogP contribution is 2.31. The lowest BCUT2D eigenvalue weighted by Crippen LogP contribution is -1.95. The van der Waals surface area contributed by atoms with Gasteiger partial charge in [-0.25, -0.2) is 4.98 Å². The van der Waals surface area contributed by atoms with Gasteiger partial charge in [0.15, 0.2) is 6.29 Å². The maximum Gasteiger partial charge on any atom is 0.150 e. The maximum absolute atomic E-state index is 10.6. The maximum atomic E-state index is 10.6. The average Bonchev–Trinajstić information content (AvgIpc) is 2.10. The van der Waals surface area contributed by atoms with Gasteiger partial charge < -0.3 is 0 Å². The standard InChI is InChI=1S/C10H5NO/c12-5-7-2-1-6-3-4-8-9(7)10(6)11-8/h1-5H. The van der Waals surface area contributed by atoms with Crippen LogP contribution in [-0.4, -0.2) is 11.3 Å². The van der Waals surface area contributed by atoms with Crippen molar-refractivity contribution in [3.8, 4) is 0 Å². The Morgan fingerprint density at radius 2 is 2.00 bits per heavy atom. The number of benzene rings is 2. The van der Waals surface area contributed by atoms with Crippen molar-refractivity contribution in [3.63, 3.8) is 0 Å². The van der Waals surface area contributed by atoms with Crippen LogP contribution in [0.5, 0.6) is 0 Å². The second-order valence-corrected chi connectivity index (χ2v) is 2.92. The summed E-state index contributed by atoms with van der Waals surface area (Å²) in [4.78, 5) is 14.9. The third-order valence-electron chi connectivity index (χ3n) is 2.28. The van der Waals surface area contributed by atoms with Crippen molar-refractivity contribution in [1.29, 1.82) is 0 Å². The van der Waals surface area contributed by atoms with Gasteiger partial charge in [0.2, 0.25) is 0 Å². The van der Waals surface area contributed by atoms with Crippen LogP contribution in [0.3, 0.4) is 0 Å². The van der Waals surface area contributed by atoms with Crippen LogP contribution in [0.15, 0.2) is 24.3 Å². The van der Waals surface area contributed by atoms with Crippen molar-refractivity contribution in [2.24, 2.45) is 0 Å². The molecule has 2 heterocycles. The molecule has 0 unspecified atom stereocenters. The lowest BCUT2D eigenvalue weighted by molar-refractivity contribution is 0.112. The van der Waals surface area contributed by atoms with E-state index in [1.807, 2.05) is 24.3 Å². The highest BCUT2D eigenvalue weighted by atomic mass is 16.1. The van der Waals surface area contributed by atoms with Gasteiger partial charge in [-0.05, 0) is 6.07 Å². The van der Waals surface area contributed by atoms with Crippen LogP contribution >= 0.6 is 0 Å². The van der Waals surface area contributed by atoms with Crippen molar-refractivity contribution < 1.29 is 4.79 Å². The normalized spacial score (nSPS) is 11.7. The van der Waals surface area contributed by atoms with Crippen LogP contribution in [0.4, 0.5) is 0 Å². The molecule has 0 aliphatic rings. The fraction of sp³-hybridized carbons (Fsp3) is 0. The van der Waals surface area contributed by atoms with E-state index in [0.29, 0.717) is 0 Å². The molecule has 2 heteroatoms. The number of hydrogen-bond donors (Lipinski definition) is 0. The van der Waals surface area contributed by atoms with Crippen LogP contribution in [0.25, 0.3) is 21.8 Å². The smallest absolute Gasteiger partial charge is 0.150 e. The molecule has 0 spiro atoms. The molecule has 0 atom stereocenters. The molecule has 2 nitrogen and oxygen atoms in total. The third kappa shape index (κ3) is 0.482. The zero-order valence-electron chi connectivity index (χ0n) is 6.24. The number of rotatable bonds is 1. The SMILES string of the molecule is O=Cc1ccc2ccc3nc2c13. The molecule has 0 N–H and O–H groups in total. The fourth-order valence-corrected chi connectivity index (χ4v) is 1.66. The Balaban J connectivity index is 2.63. The van der Waals surface area contributed by atoms with Crippen molar-refractivity contribution in [2.75, 3.05) is 0 Å². The van der Waals surface area contributed by atoms with Crippen LogP contribution in [0.2, 0.25) is 0 Å². The van der Waals surface area contributed by atoms with E-state index in [-0.39, 0.29) is 0 Å². The molecular formula is C10H5NO. The summed E-state index contributed by atoms with van der Waals surface area (Å²) in [6.45, 7) is 0. The Hall–Kier alpha value is -1.70. The van der Waals surface area contributed by atoms with Gasteiger partial charge in [-0.15, -0.1) is 0 Å². The molecule has 56 valence electrons. The predicted molar refractivity (Wildman–Crippen MR) is 47.0 cm³/mol. The molecule has 2 aromatic heterocycles. The summed E-state index contributed by atoms with van der Waals surface area (Å²) in [5.41, 5.74) is 2.68. The van der Waals surface area contributed by atoms with Crippen molar-refractivity contribution in [2.45, 2.75) is 0 Å². The first-order valence-electron chi connectivity index (χ1n) is 3.79. The predicted octanol–water partition coefficient (Wildman–Crippen LogP) is 2.08. The van der Waals surface area contributed by atoms with E-state index < -0.39 is 0 Å². The van der Waals surface area contributed by atoms with Crippen molar-refractivity contribution in [1.82, 2.24) is 4.98 Å². The van der Waals surface area contributed by atoms with E-state index in [4.69, 9.17) is 0 Å². The van der Waals surface area contributed by atoms with E-state index in [1.54, 1.807) is 0 Å². The summed E-state index contributed by atoms with van der Waals surface area (Å²) < 4.78 is 0. The Bertz CT molecular complexity index is 538. The summed E-state index contributed by atoms with van der Waals surface area (Å²) in [5, 5.41) is 2.15. The van der Waals surface area contributed by atoms with Crippen LogP contribution < -0.4 is 0 Å². The minimum atomic E-state index is 0.753. The van der Waals surface area contributed by atoms with Crippen LogP contribution in [0.1, 0.15) is 10.4 Å². The molecule has 0 aliphatic heterocycles. The number of pyridine rings is 1. The van der Waals surface area contributed by atoms with Gasteiger partial charge in [0.05, 0.1) is 11.0 Å². The highest BCUT2D eigenvalue weighted by Gasteiger charge is 2.12. The molecule has 2 aromatic carbocycles. The first-order valence-corrected chi connectivity index (χ1v) is 3.79. The Morgan fingerprint density at radius 1 is 1.17 bits per heavy atom. The number of aromatic nitrogens is 1. The summed E-state index contributed by atoms with van der Waals surface area (Å²) in [7, 11) is 0. The second kappa shape index (κ2) is 1.72. The summed E-state index contributed by atoms with van der Waals surface area (Å²) in [6, 6.07) is 7.75. The van der Waals surface area contributed by atoms with Crippen LogP contribution in [0, 0.1) is 0 Å². The molecular weight excluding hydrogens is 150 g/mol. The van der Waals surface area contributed by atoms with E-state index in [1.165, 1.54) is 0 Å². The van der Waals surface area contributed by atoms with Gasteiger partial charge in [-0.2, -0.15) is 0 Å². The van der Waals surface area contributed by atoms with Crippen molar-refractivity contribution >= 4 is 28.1 Å². The van der Waals surface area contributed by atoms with Crippen LogP contribution in [-0.2, 0) is 0 Å². The number of carbonyl (C=O) groups excluding carboxylic acids is 1. The summed E-state index contributed by atoms with van der Waals surface area (Å²) in [5.74, 6) is 0. The van der Waals surface area contributed by atoms with E-state index in [9.17, 15) is 4.79 Å². The summed E-state index contributed by atoms with van der Waals surface area (Å²) >= 11 is 0. The van der Waals surface area contributed by atoms with Gasteiger partial charge in [-0.1, -0.05) is 18.2 Å². The molecule has 4 rings (SSSR count). The Morgan fingerprint density at radius 3 is 2.75 bits per heavy atom. The molecule has 0 saturated heterocycles. The van der Waals surface area contributed by atoms with E-state index >= 15 is 0 Å². The Kier molecular flexibility index (Phi) is 0.844. The molecule has 0 fully saturated rings. The zero-order valence-corrected chi connectivity index (χ0v) is 6.24. The number of carbonyl (C=O) groups is 1. The first-order chi connectivity index (χ1) is 5.90. The van der Waals surface area contributed by atoms with Gasteiger partial charge >= 0.3 is 0 Å². The zero-order chi connectivity index (χ0) is 8.13. The summed E-state index contributed by atoms with van der Waals surface area (Å²) in [6.07, 6.45) is 0.885. The fourth-order valence-electron chi connectivity index (χ4n) is 1.66. The molecule has 0 amide bonds. The molecule has 4 aromatic rings. The van der Waals surface area contributed by atoms with Gasteiger partial charge in [0.25, 0.3) is 0 Å². The second-order valence-electron chi connectivity index (χ2n) is 2.92. The van der Waals surface area contributed by atoms with Crippen molar-refractivity contribution in [3.05, 3.63) is 29.8 Å². The minimum absolute atomic E-state index is 0.753. The molecule has 12 heavy (non-hydrogen) atoms. The molecule has 0 saturated carbocycles. The largest absolute Gasteiger partial charge is 0.298 e. The quantitative estimate of drug-likeness (QED) is 0.503. The number of nitrogens with zero attached hydrogens (tertiary/aromatic N) is 1. The van der Waals surface area contributed by atoms with Gasteiger partial charge in [-0.3, -0.25) is 4.79 Å². The first kappa shape index (κ1) is 5.89. The van der Waals surface area contributed by atoms with Gasteiger partial charge in [0, 0.05) is 16.3 Å². The molecule has 4 bridgehead atoms. The third-order valence-corrected chi connectivity index (χ3v) is 2.28. The van der Waals surface area contributed by atoms with Gasteiger partial charge in [0.1, 0.15) is 0 Å². The highest BCUT2D eigenvalue weighted by molar-refractivity contribution is 6.16. The molecule has 0 aliphatic carbocycles. The lowest BCUT2D eigenvalue weighted by Gasteiger charge is -2.10. The van der Waals surface area contributed by atoms with E-state index in [2.05, 4.69) is 4.98 Å².